The number of nitrogens with one attached hydrogen (secondary N) is 1. The zero-order valence-electron chi connectivity index (χ0n) is 14.0. The molecule has 1 aliphatic carbocycles. The number of hydrogen-bond acceptors (Lipinski definition) is 3. The largest absolute Gasteiger partial charge is 0.469 e. The Morgan fingerprint density at radius 3 is 2.92 bits per heavy atom. The summed E-state index contributed by atoms with van der Waals surface area (Å²) >= 11 is 0. The number of furan rings is 1. The minimum atomic E-state index is 0.0267. The summed E-state index contributed by atoms with van der Waals surface area (Å²) in [6.45, 7) is 1.32. The van der Waals surface area contributed by atoms with Crippen LogP contribution in [0.3, 0.4) is 0 Å². The van der Waals surface area contributed by atoms with Crippen LogP contribution in [0.4, 0.5) is 0 Å². The number of nitrogens with zero attached hydrogens (tertiary/aromatic N) is 2. The minimum absolute atomic E-state index is 0.0267. The van der Waals surface area contributed by atoms with Crippen molar-refractivity contribution in [1.82, 2.24) is 14.9 Å². The predicted molar refractivity (Wildman–Crippen MR) is 93.8 cm³/mol. The zero-order chi connectivity index (χ0) is 17.1. The first-order chi connectivity index (χ1) is 12.3. The fourth-order valence-corrected chi connectivity index (χ4v) is 3.20. The van der Waals surface area contributed by atoms with Crippen LogP contribution in [-0.2, 0) is 24.3 Å². The Morgan fingerprint density at radius 1 is 1.24 bits per heavy atom. The van der Waals surface area contributed by atoms with E-state index in [2.05, 4.69) is 39.1 Å². The molecule has 2 unspecified atom stereocenters. The molecule has 25 heavy (non-hydrogen) atoms. The molecular weight excluding hydrogens is 314 g/mol. The van der Waals surface area contributed by atoms with Crippen molar-refractivity contribution in [1.29, 1.82) is 0 Å². The van der Waals surface area contributed by atoms with E-state index in [1.54, 1.807) is 12.5 Å². The summed E-state index contributed by atoms with van der Waals surface area (Å²) in [6, 6.07) is 14.2. The molecule has 1 N–H and O–H groups in total. The third kappa shape index (κ3) is 3.65. The summed E-state index contributed by atoms with van der Waals surface area (Å²) in [5.74, 6) is 2.13. The number of carbonyl (C=O) groups excluding carboxylic acids is 1. The van der Waals surface area contributed by atoms with Crippen molar-refractivity contribution in [3.8, 4) is 0 Å². The summed E-state index contributed by atoms with van der Waals surface area (Å²) in [4.78, 5) is 16.7. The van der Waals surface area contributed by atoms with E-state index in [1.165, 1.54) is 5.56 Å². The molecule has 0 spiro atoms. The van der Waals surface area contributed by atoms with Crippen LogP contribution in [0.2, 0.25) is 0 Å². The van der Waals surface area contributed by atoms with E-state index in [9.17, 15) is 4.79 Å². The van der Waals surface area contributed by atoms with Gasteiger partial charge in [-0.1, -0.05) is 30.3 Å². The topological polar surface area (TPSA) is 60.1 Å². The molecule has 2 aromatic heterocycles. The third-order valence-electron chi connectivity index (χ3n) is 4.74. The highest BCUT2D eigenvalue weighted by Gasteiger charge is 2.45. The quantitative estimate of drug-likeness (QED) is 0.721. The number of amides is 1. The maximum atomic E-state index is 12.3. The third-order valence-corrected chi connectivity index (χ3v) is 4.74. The van der Waals surface area contributed by atoms with Gasteiger partial charge in [-0.25, -0.2) is 4.98 Å². The van der Waals surface area contributed by atoms with Crippen LogP contribution in [0.25, 0.3) is 0 Å². The Labute approximate surface area is 146 Å². The number of carbonyl (C=O) groups is 1. The van der Waals surface area contributed by atoms with Gasteiger partial charge in [0.1, 0.15) is 11.6 Å². The Kier molecular flexibility index (Phi) is 4.37. The molecule has 1 fully saturated rings. The first kappa shape index (κ1) is 15.7. The highest BCUT2D eigenvalue weighted by Crippen LogP contribution is 2.47. The van der Waals surface area contributed by atoms with Crippen molar-refractivity contribution in [3.05, 3.63) is 78.3 Å². The molecule has 128 valence electrons. The van der Waals surface area contributed by atoms with Crippen LogP contribution in [0.5, 0.6) is 0 Å². The molecule has 0 bridgehead atoms. The smallest absolute Gasteiger partial charge is 0.224 e. The number of hydrogen-bond donors (Lipinski definition) is 1. The Morgan fingerprint density at radius 2 is 2.12 bits per heavy atom. The lowest BCUT2D eigenvalue weighted by Gasteiger charge is -2.09. The fraction of sp³-hybridized carbons (Fsp3) is 0.300. The molecule has 2 atom stereocenters. The molecular formula is C20H21N3O2. The van der Waals surface area contributed by atoms with Crippen molar-refractivity contribution >= 4 is 5.91 Å². The van der Waals surface area contributed by atoms with Gasteiger partial charge in [0.15, 0.2) is 0 Å². The summed E-state index contributed by atoms with van der Waals surface area (Å²) in [6.07, 6.45) is 7.22. The van der Waals surface area contributed by atoms with Gasteiger partial charge in [0.2, 0.25) is 5.91 Å². The number of rotatable bonds is 7. The van der Waals surface area contributed by atoms with Crippen LogP contribution < -0.4 is 5.32 Å². The van der Waals surface area contributed by atoms with Gasteiger partial charge < -0.3 is 14.3 Å². The summed E-state index contributed by atoms with van der Waals surface area (Å²) in [5.41, 5.74) is 1.30. The lowest BCUT2D eigenvalue weighted by molar-refractivity contribution is -0.122. The van der Waals surface area contributed by atoms with Gasteiger partial charge in [-0.05, 0) is 30.5 Å². The molecule has 0 aliphatic heterocycles. The lowest BCUT2D eigenvalue weighted by atomic mass is 10.1. The maximum absolute atomic E-state index is 12.3. The summed E-state index contributed by atoms with van der Waals surface area (Å²) in [5, 5.41) is 3.01. The van der Waals surface area contributed by atoms with Crippen LogP contribution in [0.15, 0.2) is 65.5 Å². The van der Waals surface area contributed by atoms with Crippen LogP contribution in [-0.4, -0.2) is 15.5 Å². The van der Waals surface area contributed by atoms with E-state index in [4.69, 9.17) is 4.42 Å². The molecule has 2 heterocycles. The van der Waals surface area contributed by atoms with Gasteiger partial charge in [-0.3, -0.25) is 4.79 Å². The van der Waals surface area contributed by atoms with E-state index < -0.39 is 0 Å². The second-order valence-corrected chi connectivity index (χ2v) is 6.45. The van der Waals surface area contributed by atoms with Crippen molar-refractivity contribution in [2.75, 3.05) is 0 Å². The Hall–Kier alpha value is -2.82. The molecule has 5 nitrogen and oxygen atoms in total. The molecule has 3 aromatic rings. The molecule has 4 rings (SSSR count). The zero-order valence-corrected chi connectivity index (χ0v) is 14.0. The standard InChI is InChI=1S/C20H21N3O2/c24-20(17-13-16(17)18-7-4-12-25-18)22-14-19-21-9-11-23(19)10-8-15-5-2-1-3-6-15/h1-7,9,11-12,16-17H,8,10,13-14H2,(H,22,24). The van der Waals surface area contributed by atoms with E-state index >= 15 is 0 Å². The first-order valence-electron chi connectivity index (χ1n) is 8.66. The van der Waals surface area contributed by atoms with Gasteiger partial charge in [-0.2, -0.15) is 0 Å². The molecule has 1 saturated carbocycles. The maximum Gasteiger partial charge on any atom is 0.224 e. The summed E-state index contributed by atoms with van der Waals surface area (Å²) < 4.78 is 7.49. The van der Waals surface area contributed by atoms with E-state index in [1.807, 2.05) is 24.4 Å². The highest BCUT2D eigenvalue weighted by atomic mass is 16.3. The minimum Gasteiger partial charge on any atom is -0.469 e. The molecule has 0 saturated heterocycles. The Bertz CT molecular complexity index is 824. The SMILES string of the molecule is O=C(NCc1nccn1CCc1ccccc1)C1CC1c1ccco1. The summed E-state index contributed by atoms with van der Waals surface area (Å²) in [7, 11) is 0. The van der Waals surface area contributed by atoms with Crippen molar-refractivity contribution in [2.24, 2.45) is 5.92 Å². The van der Waals surface area contributed by atoms with Crippen LogP contribution in [0, 0.1) is 5.92 Å². The second-order valence-electron chi connectivity index (χ2n) is 6.45. The molecule has 5 heteroatoms. The first-order valence-corrected chi connectivity index (χ1v) is 8.66. The average molecular weight is 335 g/mol. The molecule has 1 aromatic carbocycles. The van der Waals surface area contributed by atoms with E-state index in [0.717, 1.165) is 31.0 Å². The van der Waals surface area contributed by atoms with Crippen molar-refractivity contribution < 1.29 is 9.21 Å². The van der Waals surface area contributed by atoms with Crippen molar-refractivity contribution in [3.63, 3.8) is 0 Å². The van der Waals surface area contributed by atoms with Crippen LogP contribution >= 0.6 is 0 Å². The lowest BCUT2D eigenvalue weighted by Crippen LogP contribution is -2.26. The van der Waals surface area contributed by atoms with Crippen LogP contribution in [0.1, 0.15) is 29.5 Å². The molecule has 1 amide bonds. The number of aromatic nitrogens is 2. The average Bonchev–Trinajstić information content (AvgIpc) is 3.06. The number of imidazole rings is 1. The normalized spacial score (nSPS) is 18.9. The van der Waals surface area contributed by atoms with E-state index in [-0.39, 0.29) is 17.7 Å². The fourth-order valence-electron chi connectivity index (χ4n) is 3.20. The van der Waals surface area contributed by atoms with Gasteiger partial charge in [-0.15, -0.1) is 0 Å². The monoisotopic (exact) mass is 335 g/mol. The second kappa shape index (κ2) is 6.97. The number of benzene rings is 1. The van der Waals surface area contributed by atoms with Crippen molar-refractivity contribution in [2.45, 2.75) is 31.8 Å². The van der Waals surface area contributed by atoms with Gasteiger partial charge in [0.05, 0.1) is 12.8 Å². The Balaban J connectivity index is 1.29. The van der Waals surface area contributed by atoms with Gasteiger partial charge >= 0.3 is 0 Å². The van der Waals surface area contributed by atoms with Gasteiger partial charge in [0.25, 0.3) is 0 Å². The van der Waals surface area contributed by atoms with Gasteiger partial charge in [0, 0.05) is 30.8 Å². The molecule has 0 radical (unpaired) electrons. The van der Waals surface area contributed by atoms with E-state index in [0.29, 0.717) is 6.54 Å². The highest BCUT2D eigenvalue weighted by molar-refractivity contribution is 5.82. The predicted octanol–water partition coefficient (Wildman–Crippen LogP) is 3.14. The molecule has 1 aliphatic rings. The number of aryl methyl sites for hydroxylation is 2.